The molecule has 0 aliphatic carbocycles. The molecule has 0 aromatic heterocycles. The van der Waals surface area contributed by atoms with E-state index in [-0.39, 0.29) is 17.8 Å². The minimum absolute atomic E-state index is 0.0509. The van der Waals surface area contributed by atoms with E-state index in [1.54, 1.807) is 25.2 Å². The molecule has 0 bridgehead atoms. The monoisotopic (exact) mass is 307 g/mol. The first-order chi connectivity index (χ1) is 10.6. The predicted octanol–water partition coefficient (Wildman–Crippen LogP) is 1.62. The number of hydrogen-bond acceptors (Lipinski definition) is 5. The molecule has 1 aliphatic heterocycles. The lowest BCUT2D eigenvalue weighted by Gasteiger charge is -2.31. The summed E-state index contributed by atoms with van der Waals surface area (Å²) in [6.07, 6.45) is 0.918. The van der Waals surface area contributed by atoms with Crippen LogP contribution in [0.1, 0.15) is 18.4 Å². The van der Waals surface area contributed by atoms with E-state index in [0.717, 1.165) is 5.56 Å². The second kappa shape index (κ2) is 7.15. The zero-order chi connectivity index (χ0) is 16.1. The van der Waals surface area contributed by atoms with E-state index in [1.807, 2.05) is 12.1 Å². The number of ether oxygens (including phenoxy) is 3. The average Bonchev–Trinajstić information content (AvgIpc) is 2.55. The van der Waals surface area contributed by atoms with Crippen LogP contribution in [-0.2, 0) is 20.9 Å². The highest BCUT2D eigenvalue weighted by atomic mass is 16.5. The summed E-state index contributed by atoms with van der Waals surface area (Å²) in [5.41, 5.74) is 0.927. The molecule has 0 radical (unpaired) electrons. The van der Waals surface area contributed by atoms with Crippen molar-refractivity contribution >= 4 is 11.9 Å². The Morgan fingerprint density at radius 3 is 2.59 bits per heavy atom. The second-order valence-electron chi connectivity index (χ2n) is 5.22. The van der Waals surface area contributed by atoms with Gasteiger partial charge in [-0.2, -0.15) is 0 Å². The smallest absolute Gasteiger partial charge is 0.310 e. The molecule has 22 heavy (non-hydrogen) atoms. The highest BCUT2D eigenvalue weighted by molar-refractivity contribution is 5.81. The number of nitrogens with zero attached hydrogens (tertiary/aromatic N) is 1. The van der Waals surface area contributed by atoms with Gasteiger partial charge in [0.15, 0.2) is 11.5 Å². The number of carbonyl (C=O) groups excluding carboxylic acids is 2. The van der Waals surface area contributed by atoms with Gasteiger partial charge in [0.1, 0.15) is 0 Å². The van der Waals surface area contributed by atoms with Crippen LogP contribution in [0.15, 0.2) is 18.2 Å². The molecule has 0 N–H and O–H groups in total. The number of likely N-dealkylation sites (tertiary alicyclic amines) is 1. The van der Waals surface area contributed by atoms with Crippen molar-refractivity contribution < 1.29 is 23.8 Å². The van der Waals surface area contributed by atoms with Crippen molar-refractivity contribution in [2.75, 3.05) is 27.9 Å². The summed E-state index contributed by atoms with van der Waals surface area (Å²) in [6.45, 7) is 0.826. The van der Waals surface area contributed by atoms with E-state index in [4.69, 9.17) is 14.2 Å². The van der Waals surface area contributed by atoms with Gasteiger partial charge in [-0.15, -0.1) is 0 Å². The van der Waals surface area contributed by atoms with E-state index in [1.165, 1.54) is 7.11 Å². The number of piperidine rings is 1. The molecule has 1 fully saturated rings. The molecule has 0 spiro atoms. The normalized spacial score (nSPS) is 18.0. The first-order valence-electron chi connectivity index (χ1n) is 7.15. The maximum absolute atomic E-state index is 12.1. The summed E-state index contributed by atoms with van der Waals surface area (Å²) in [7, 11) is 4.52. The van der Waals surface area contributed by atoms with Crippen molar-refractivity contribution in [2.45, 2.75) is 19.4 Å². The second-order valence-corrected chi connectivity index (χ2v) is 5.22. The molecular weight excluding hydrogens is 286 g/mol. The van der Waals surface area contributed by atoms with Gasteiger partial charge < -0.3 is 19.1 Å². The molecule has 2 rings (SSSR count). The zero-order valence-electron chi connectivity index (χ0n) is 13.1. The minimum Gasteiger partial charge on any atom is -0.493 e. The minimum atomic E-state index is -0.259. The lowest BCUT2D eigenvalue weighted by atomic mass is 9.97. The fourth-order valence-corrected chi connectivity index (χ4v) is 2.63. The maximum atomic E-state index is 12.1. The van der Waals surface area contributed by atoms with Crippen molar-refractivity contribution in [1.82, 2.24) is 4.90 Å². The molecule has 1 amide bonds. The van der Waals surface area contributed by atoms with Gasteiger partial charge in [-0.1, -0.05) is 6.07 Å². The maximum Gasteiger partial charge on any atom is 0.310 e. The zero-order valence-corrected chi connectivity index (χ0v) is 13.1. The van der Waals surface area contributed by atoms with Crippen molar-refractivity contribution in [3.63, 3.8) is 0 Å². The molecule has 6 heteroatoms. The Labute approximate surface area is 129 Å². The van der Waals surface area contributed by atoms with E-state index in [2.05, 4.69) is 0 Å². The Hall–Kier alpha value is -2.24. The number of esters is 1. The Balaban J connectivity index is 2.11. The van der Waals surface area contributed by atoms with Crippen LogP contribution >= 0.6 is 0 Å². The quantitative estimate of drug-likeness (QED) is 0.773. The lowest BCUT2D eigenvalue weighted by molar-refractivity contribution is -0.150. The molecule has 0 unspecified atom stereocenters. The van der Waals surface area contributed by atoms with Crippen LogP contribution in [0, 0.1) is 5.92 Å². The topological polar surface area (TPSA) is 65.1 Å². The summed E-state index contributed by atoms with van der Waals surface area (Å²) in [5.74, 6) is 0.806. The number of carbonyl (C=O) groups is 2. The molecule has 1 aliphatic rings. The van der Waals surface area contributed by atoms with Gasteiger partial charge in [-0.3, -0.25) is 9.59 Å². The first-order valence-corrected chi connectivity index (χ1v) is 7.15. The van der Waals surface area contributed by atoms with Crippen LogP contribution in [0.5, 0.6) is 11.5 Å². The standard InChI is InChI=1S/C16H21NO5/c1-20-13-6-4-11(8-14(13)21-2)9-17-10-12(16(19)22-3)5-7-15(17)18/h4,6,8,12H,5,7,9-10H2,1-3H3/t12-/m0/s1. The van der Waals surface area contributed by atoms with Gasteiger partial charge in [0, 0.05) is 19.5 Å². The van der Waals surface area contributed by atoms with Crippen LogP contribution in [0.2, 0.25) is 0 Å². The summed E-state index contributed by atoms with van der Waals surface area (Å²) in [5, 5.41) is 0. The summed E-state index contributed by atoms with van der Waals surface area (Å²) >= 11 is 0. The van der Waals surface area contributed by atoms with E-state index < -0.39 is 0 Å². The van der Waals surface area contributed by atoms with Gasteiger partial charge >= 0.3 is 5.97 Å². The third kappa shape index (κ3) is 3.50. The van der Waals surface area contributed by atoms with Crippen LogP contribution in [0.4, 0.5) is 0 Å². The molecule has 1 aromatic rings. The van der Waals surface area contributed by atoms with Crippen LogP contribution in [0.25, 0.3) is 0 Å². The van der Waals surface area contributed by atoms with Gasteiger partial charge in [0.2, 0.25) is 5.91 Å². The van der Waals surface area contributed by atoms with Gasteiger partial charge in [0.05, 0.1) is 27.2 Å². The van der Waals surface area contributed by atoms with E-state index in [0.29, 0.717) is 37.4 Å². The highest BCUT2D eigenvalue weighted by Crippen LogP contribution is 2.29. The molecule has 0 saturated carbocycles. The first kappa shape index (κ1) is 16.1. The third-order valence-electron chi connectivity index (χ3n) is 3.86. The van der Waals surface area contributed by atoms with Gasteiger partial charge in [-0.05, 0) is 24.1 Å². The average molecular weight is 307 g/mol. The molecule has 1 saturated heterocycles. The number of hydrogen-bond donors (Lipinski definition) is 0. The van der Waals surface area contributed by atoms with Crippen LogP contribution in [0.3, 0.4) is 0 Å². The molecule has 6 nitrogen and oxygen atoms in total. The molecule has 1 aromatic carbocycles. The fourth-order valence-electron chi connectivity index (χ4n) is 2.63. The third-order valence-corrected chi connectivity index (χ3v) is 3.86. The largest absolute Gasteiger partial charge is 0.493 e. The summed E-state index contributed by atoms with van der Waals surface area (Å²) in [6, 6.07) is 5.53. The Morgan fingerprint density at radius 1 is 1.23 bits per heavy atom. The Morgan fingerprint density at radius 2 is 1.95 bits per heavy atom. The highest BCUT2D eigenvalue weighted by Gasteiger charge is 2.30. The number of benzene rings is 1. The van der Waals surface area contributed by atoms with Gasteiger partial charge in [-0.25, -0.2) is 0 Å². The molecule has 1 atom stereocenters. The van der Waals surface area contributed by atoms with Crippen LogP contribution in [-0.4, -0.2) is 44.7 Å². The van der Waals surface area contributed by atoms with Crippen molar-refractivity contribution in [3.05, 3.63) is 23.8 Å². The van der Waals surface area contributed by atoms with Gasteiger partial charge in [0.25, 0.3) is 0 Å². The Kier molecular flexibility index (Phi) is 5.25. The number of amides is 1. The summed E-state index contributed by atoms with van der Waals surface area (Å²) in [4.78, 5) is 25.4. The Bertz CT molecular complexity index is 557. The van der Waals surface area contributed by atoms with E-state index in [9.17, 15) is 9.59 Å². The van der Waals surface area contributed by atoms with Crippen molar-refractivity contribution in [3.8, 4) is 11.5 Å². The van der Waals surface area contributed by atoms with Crippen molar-refractivity contribution in [1.29, 1.82) is 0 Å². The number of rotatable bonds is 5. The molecule has 120 valence electrons. The van der Waals surface area contributed by atoms with Crippen molar-refractivity contribution in [2.24, 2.45) is 5.92 Å². The lowest BCUT2D eigenvalue weighted by Crippen LogP contribution is -2.42. The SMILES string of the molecule is COC(=O)[C@H]1CCC(=O)N(Cc2ccc(OC)c(OC)c2)C1. The molecule has 1 heterocycles. The number of methoxy groups -OCH3 is 3. The van der Waals surface area contributed by atoms with Crippen LogP contribution < -0.4 is 9.47 Å². The summed E-state index contributed by atoms with van der Waals surface area (Å²) < 4.78 is 15.2. The fraction of sp³-hybridized carbons (Fsp3) is 0.500. The molecular formula is C16H21NO5. The predicted molar refractivity (Wildman–Crippen MR) is 79.7 cm³/mol. The van der Waals surface area contributed by atoms with E-state index >= 15 is 0 Å².